The third-order valence-electron chi connectivity index (χ3n) is 2.88. The first-order valence-corrected chi connectivity index (χ1v) is 6.57. The van der Waals surface area contributed by atoms with Gasteiger partial charge in [0, 0.05) is 19.4 Å². The van der Waals surface area contributed by atoms with E-state index in [1.165, 1.54) is 6.33 Å². The molecule has 19 heavy (non-hydrogen) atoms. The first-order valence-electron chi connectivity index (χ1n) is 6.03. The maximum atomic E-state index is 5.84. The van der Waals surface area contributed by atoms with Crippen LogP contribution in [0.1, 0.15) is 18.8 Å². The first kappa shape index (κ1) is 14.0. The Morgan fingerprint density at radius 1 is 1.37 bits per heavy atom. The van der Waals surface area contributed by atoms with Gasteiger partial charge in [-0.1, -0.05) is 0 Å². The molecule has 1 atom stereocenters. The van der Waals surface area contributed by atoms with Gasteiger partial charge in [0.05, 0.1) is 19.8 Å². The second kappa shape index (κ2) is 6.16. The van der Waals surface area contributed by atoms with Crippen molar-refractivity contribution in [3.63, 3.8) is 0 Å². The van der Waals surface area contributed by atoms with Crippen LogP contribution in [0.2, 0.25) is 0 Å². The molecule has 0 aromatic carbocycles. The van der Waals surface area contributed by atoms with E-state index >= 15 is 0 Å². The second-order valence-electron chi connectivity index (χ2n) is 4.20. The fraction of sp³-hybridized carbons (Fsp3) is 0.583. The predicted octanol–water partition coefficient (Wildman–Crippen LogP) is 1.82. The number of methoxy groups -OCH3 is 2. The highest BCUT2D eigenvalue weighted by Crippen LogP contribution is 2.25. The SMILES string of the molecule is COCC(C)n1c(CCCl)nc2c(OC)ncnc21. The molecule has 0 aliphatic heterocycles. The summed E-state index contributed by atoms with van der Waals surface area (Å²) in [6, 6.07) is 0.118. The van der Waals surface area contributed by atoms with E-state index in [9.17, 15) is 0 Å². The van der Waals surface area contributed by atoms with Crippen molar-refractivity contribution in [2.45, 2.75) is 19.4 Å². The minimum absolute atomic E-state index is 0.118. The molecular formula is C12H17ClN4O2. The van der Waals surface area contributed by atoms with Gasteiger partial charge in [-0.2, -0.15) is 4.98 Å². The van der Waals surface area contributed by atoms with E-state index in [0.29, 0.717) is 30.3 Å². The predicted molar refractivity (Wildman–Crippen MR) is 72.9 cm³/mol. The van der Waals surface area contributed by atoms with Gasteiger partial charge in [-0.25, -0.2) is 9.97 Å². The van der Waals surface area contributed by atoms with E-state index in [2.05, 4.69) is 21.9 Å². The van der Waals surface area contributed by atoms with Crippen LogP contribution in [0.15, 0.2) is 6.33 Å². The summed E-state index contributed by atoms with van der Waals surface area (Å²) in [5, 5.41) is 0. The molecule has 0 amide bonds. The molecule has 0 saturated carbocycles. The van der Waals surface area contributed by atoms with E-state index < -0.39 is 0 Å². The average Bonchev–Trinajstić information content (AvgIpc) is 2.77. The van der Waals surface area contributed by atoms with Gasteiger partial charge in [0.25, 0.3) is 0 Å². The van der Waals surface area contributed by atoms with Crippen molar-refractivity contribution >= 4 is 22.8 Å². The zero-order valence-corrected chi connectivity index (χ0v) is 12.0. The van der Waals surface area contributed by atoms with Crippen molar-refractivity contribution < 1.29 is 9.47 Å². The summed E-state index contributed by atoms with van der Waals surface area (Å²) in [7, 11) is 3.24. The summed E-state index contributed by atoms with van der Waals surface area (Å²) in [5.74, 6) is 1.84. The Bertz CT molecular complexity index is 558. The van der Waals surface area contributed by atoms with Crippen LogP contribution in [0.5, 0.6) is 5.88 Å². The number of hydrogen-bond donors (Lipinski definition) is 0. The number of rotatable bonds is 6. The summed E-state index contributed by atoms with van der Waals surface area (Å²) in [6.07, 6.45) is 2.14. The minimum Gasteiger partial charge on any atom is -0.479 e. The zero-order valence-electron chi connectivity index (χ0n) is 11.3. The van der Waals surface area contributed by atoms with Gasteiger partial charge >= 0.3 is 0 Å². The molecule has 2 heterocycles. The van der Waals surface area contributed by atoms with Gasteiger partial charge in [0.2, 0.25) is 5.88 Å². The van der Waals surface area contributed by atoms with Crippen molar-refractivity contribution in [1.29, 1.82) is 0 Å². The average molecular weight is 285 g/mol. The highest BCUT2D eigenvalue weighted by Gasteiger charge is 2.19. The largest absolute Gasteiger partial charge is 0.479 e. The lowest BCUT2D eigenvalue weighted by Gasteiger charge is -2.15. The third-order valence-corrected chi connectivity index (χ3v) is 3.07. The quantitative estimate of drug-likeness (QED) is 0.757. The number of hydrogen-bond acceptors (Lipinski definition) is 5. The zero-order chi connectivity index (χ0) is 13.8. The molecule has 2 aromatic rings. The molecule has 0 aliphatic rings. The Balaban J connectivity index is 2.60. The van der Waals surface area contributed by atoms with Crippen LogP contribution in [-0.4, -0.2) is 46.2 Å². The number of alkyl halides is 1. The molecular weight excluding hydrogens is 268 g/mol. The van der Waals surface area contributed by atoms with E-state index in [4.69, 9.17) is 21.1 Å². The highest BCUT2D eigenvalue weighted by atomic mass is 35.5. The van der Waals surface area contributed by atoms with Crippen LogP contribution < -0.4 is 4.74 Å². The molecule has 104 valence electrons. The van der Waals surface area contributed by atoms with E-state index in [1.807, 2.05) is 4.57 Å². The van der Waals surface area contributed by atoms with Crippen LogP contribution in [0, 0.1) is 0 Å². The Morgan fingerprint density at radius 3 is 2.79 bits per heavy atom. The third kappa shape index (κ3) is 2.64. The normalized spacial score (nSPS) is 12.8. The van der Waals surface area contributed by atoms with Gasteiger partial charge in [-0.05, 0) is 6.92 Å². The smallest absolute Gasteiger partial charge is 0.245 e. The van der Waals surface area contributed by atoms with Crippen LogP contribution in [0.3, 0.4) is 0 Å². The lowest BCUT2D eigenvalue weighted by molar-refractivity contribution is 0.162. The number of aryl methyl sites for hydroxylation is 1. The lowest BCUT2D eigenvalue weighted by Crippen LogP contribution is -2.15. The van der Waals surface area contributed by atoms with Crippen molar-refractivity contribution in [3.05, 3.63) is 12.2 Å². The van der Waals surface area contributed by atoms with Crippen molar-refractivity contribution in [3.8, 4) is 5.88 Å². The first-order chi connectivity index (χ1) is 9.22. The molecule has 0 fully saturated rings. The number of ether oxygens (including phenoxy) is 2. The Kier molecular flexibility index (Phi) is 4.55. The number of imidazole rings is 1. The standard InChI is InChI=1S/C12H17ClN4O2/c1-8(6-18-2)17-9(4-5-13)16-10-11(17)14-7-15-12(10)19-3/h7-8H,4-6H2,1-3H3. The second-order valence-corrected chi connectivity index (χ2v) is 4.57. The molecule has 0 bridgehead atoms. The van der Waals surface area contributed by atoms with E-state index in [-0.39, 0.29) is 6.04 Å². The molecule has 2 aromatic heterocycles. The molecule has 2 rings (SSSR count). The lowest BCUT2D eigenvalue weighted by atomic mass is 10.3. The highest BCUT2D eigenvalue weighted by molar-refractivity contribution is 6.17. The number of nitrogens with zero attached hydrogens (tertiary/aromatic N) is 4. The summed E-state index contributed by atoms with van der Waals surface area (Å²) < 4.78 is 12.5. The minimum atomic E-state index is 0.118. The number of fused-ring (bicyclic) bond motifs is 1. The van der Waals surface area contributed by atoms with Gasteiger partial charge in [-0.15, -0.1) is 11.6 Å². The van der Waals surface area contributed by atoms with E-state index in [0.717, 1.165) is 11.5 Å². The molecule has 0 saturated heterocycles. The molecule has 0 N–H and O–H groups in total. The summed E-state index contributed by atoms with van der Waals surface area (Å²) in [6.45, 7) is 2.63. The van der Waals surface area contributed by atoms with Crippen LogP contribution >= 0.6 is 11.6 Å². The Labute approximate surface area is 116 Å². The molecule has 0 spiro atoms. The number of halogens is 1. The van der Waals surface area contributed by atoms with Gasteiger partial charge < -0.3 is 14.0 Å². The maximum absolute atomic E-state index is 5.84. The Morgan fingerprint density at radius 2 is 2.16 bits per heavy atom. The summed E-state index contributed by atoms with van der Waals surface area (Å²) in [5.41, 5.74) is 1.41. The fourth-order valence-electron chi connectivity index (χ4n) is 2.12. The molecule has 1 unspecified atom stereocenters. The Hall–Kier alpha value is -1.40. The fourth-order valence-corrected chi connectivity index (χ4v) is 2.29. The number of aromatic nitrogens is 4. The van der Waals surface area contributed by atoms with Crippen molar-refractivity contribution in [2.75, 3.05) is 26.7 Å². The molecule has 0 aliphatic carbocycles. The topological polar surface area (TPSA) is 62.1 Å². The van der Waals surface area contributed by atoms with Crippen LogP contribution in [0.4, 0.5) is 0 Å². The monoisotopic (exact) mass is 284 g/mol. The van der Waals surface area contributed by atoms with Crippen LogP contribution in [-0.2, 0) is 11.2 Å². The summed E-state index contributed by atoms with van der Waals surface area (Å²) in [4.78, 5) is 12.9. The maximum Gasteiger partial charge on any atom is 0.245 e. The van der Waals surface area contributed by atoms with Gasteiger partial charge in [-0.3, -0.25) is 0 Å². The van der Waals surface area contributed by atoms with Crippen molar-refractivity contribution in [1.82, 2.24) is 19.5 Å². The summed E-state index contributed by atoms with van der Waals surface area (Å²) >= 11 is 5.84. The molecule has 6 nitrogen and oxygen atoms in total. The van der Waals surface area contributed by atoms with Gasteiger partial charge in [0.1, 0.15) is 12.2 Å². The molecule has 7 heteroatoms. The van der Waals surface area contributed by atoms with E-state index in [1.54, 1.807) is 14.2 Å². The van der Waals surface area contributed by atoms with Crippen LogP contribution in [0.25, 0.3) is 11.2 Å². The van der Waals surface area contributed by atoms with Crippen molar-refractivity contribution in [2.24, 2.45) is 0 Å². The molecule has 0 radical (unpaired) electrons. The van der Waals surface area contributed by atoms with Gasteiger partial charge in [0.15, 0.2) is 11.2 Å².